The van der Waals surface area contributed by atoms with Crippen LogP contribution in [0.3, 0.4) is 0 Å². The molecule has 0 radical (unpaired) electrons. The van der Waals surface area contributed by atoms with Crippen molar-refractivity contribution >= 4 is 22.7 Å². The molecule has 0 bridgehead atoms. The summed E-state index contributed by atoms with van der Waals surface area (Å²) in [6.45, 7) is 2.43. The van der Waals surface area contributed by atoms with Crippen LogP contribution in [0, 0.1) is 0 Å². The van der Waals surface area contributed by atoms with Gasteiger partial charge in [-0.3, -0.25) is 0 Å². The van der Waals surface area contributed by atoms with Crippen LogP contribution < -0.4 is 5.32 Å². The van der Waals surface area contributed by atoms with Gasteiger partial charge in [-0.1, -0.05) is 19.1 Å². The van der Waals surface area contributed by atoms with Crippen molar-refractivity contribution in [3.8, 4) is 0 Å². The van der Waals surface area contributed by atoms with Gasteiger partial charge >= 0.3 is 5.97 Å². The molecular formula is C15H20N4O2. The second-order valence-electron chi connectivity index (χ2n) is 5.19. The van der Waals surface area contributed by atoms with Gasteiger partial charge in [0.1, 0.15) is 17.7 Å². The van der Waals surface area contributed by atoms with Crippen LogP contribution in [-0.2, 0) is 11.3 Å². The van der Waals surface area contributed by atoms with E-state index in [1.807, 2.05) is 50.2 Å². The lowest BCUT2D eigenvalue weighted by Crippen LogP contribution is -2.29. The van der Waals surface area contributed by atoms with Gasteiger partial charge in [-0.05, 0) is 32.6 Å². The van der Waals surface area contributed by atoms with Gasteiger partial charge in [0.15, 0.2) is 0 Å². The van der Waals surface area contributed by atoms with Crippen molar-refractivity contribution in [1.82, 2.24) is 14.9 Å². The van der Waals surface area contributed by atoms with Crippen molar-refractivity contribution < 1.29 is 9.90 Å². The SMILES string of the molecule is CCC(Nc1nc(CN(C)C)nc2ccccc12)C(=O)O. The fourth-order valence-corrected chi connectivity index (χ4v) is 2.09. The quantitative estimate of drug-likeness (QED) is 0.846. The van der Waals surface area contributed by atoms with E-state index in [9.17, 15) is 9.90 Å². The van der Waals surface area contributed by atoms with Crippen LogP contribution in [-0.4, -0.2) is 46.1 Å². The molecule has 0 aliphatic rings. The fourth-order valence-electron chi connectivity index (χ4n) is 2.09. The zero-order chi connectivity index (χ0) is 15.4. The largest absolute Gasteiger partial charge is 0.480 e. The number of fused-ring (bicyclic) bond motifs is 1. The van der Waals surface area contributed by atoms with E-state index in [1.165, 1.54) is 0 Å². The first-order valence-electron chi connectivity index (χ1n) is 6.91. The van der Waals surface area contributed by atoms with E-state index in [2.05, 4.69) is 15.3 Å². The Kier molecular flexibility index (Phi) is 4.70. The molecule has 0 aliphatic heterocycles. The van der Waals surface area contributed by atoms with Crippen LogP contribution in [0.25, 0.3) is 10.9 Å². The topological polar surface area (TPSA) is 78.4 Å². The molecule has 2 aromatic rings. The third kappa shape index (κ3) is 3.66. The number of para-hydroxylation sites is 1. The van der Waals surface area contributed by atoms with Gasteiger partial charge in [0.2, 0.25) is 0 Å². The summed E-state index contributed by atoms with van der Waals surface area (Å²) < 4.78 is 0. The summed E-state index contributed by atoms with van der Waals surface area (Å²) in [6.07, 6.45) is 0.483. The summed E-state index contributed by atoms with van der Waals surface area (Å²) in [5.74, 6) is 0.363. The summed E-state index contributed by atoms with van der Waals surface area (Å²) in [5.41, 5.74) is 0.812. The van der Waals surface area contributed by atoms with Crippen LogP contribution in [0.2, 0.25) is 0 Å². The summed E-state index contributed by atoms with van der Waals surface area (Å²) in [7, 11) is 3.88. The molecule has 2 N–H and O–H groups in total. The Bertz CT molecular complexity index is 643. The van der Waals surface area contributed by atoms with E-state index in [4.69, 9.17) is 0 Å². The number of aromatic nitrogens is 2. The Morgan fingerprint density at radius 1 is 1.33 bits per heavy atom. The predicted octanol–water partition coefficient (Wildman–Crippen LogP) is 1.97. The monoisotopic (exact) mass is 288 g/mol. The molecule has 0 amide bonds. The Morgan fingerprint density at radius 2 is 2.05 bits per heavy atom. The summed E-state index contributed by atoms with van der Waals surface area (Å²) in [6, 6.07) is 6.95. The summed E-state index contributed by atoms with van der Waals surface area (Å²) in [5, 5.41) is 13.1. The molecule has 6 nitrogen and oxygen atoms in total. The van der Waals surface area contributed by atoms with Gasteiger partial charge in [0.05, 0.1) is 12.1 Å². The number of carboxylic acid groups (broad SMARTS) is 1. The van der Waals surface area contributed by atoms with Gasteiger partial charge in [0.25, 0.3) is 0 Å². The highest BCUT2D eigenvalue weighted by atomic mass is 16.4. The number of anilines is 1. The Hall–Kier alpha value is -2.21. The number of hydrogen-bond donors (Lipinski definition) is 2. The van der Waals surface area contributed by atoms with E-state index in [0.29, 0.717) is 24.6 Å². The smallest absolute Gasteiger partial charge is 0.326 e. The summed E-state index contributed by atoms with van der Waals surface area (Å²) >= 11 is 0. The van der Waals surface area contributed by atoms with Gasteiger partial charge in [-0.25, -0.2) is 14.8 Å². The molecule has 6 heteroatoms. The number of nitrogens with zero attached hydrogens (tertiary/aromatic N) is 3. The molecule has 1 aromatic carbocycles. The molecular weight excluding hydrogens is 268 g/mol. The zero-order valence-corrected chi connectivity index (χ0v) is 12.5. The van der Waals surface area contributed by atoms with E-state index in [0.717, 1.165) is 10.9 Å². The normalized spacial score (nSPS) is 12.6. The lowest BCUT2D eigenvalue weighted by molar-refractivity contribution is -0.137. The Labute approximate surface area is 123 Å². The van der Waals surface area contributed by atoms with Crippen molar-refractivity contribution in [3.05, 3.63) is 30.1 Å². The Morgan fingerprint density at radius 3 is 2.67 bits per heavy atom. The van der Waals surface area contributed by atoms with Crippen LogP contribution in [0.5, 0.6) is 0 Å². The number of nitrogens with one attached hydrogen (secondary N) is 1. The number of benzene rings is 1. The molecule has 1 aromatic heterocycles. The molecule has 0 spiro atoms. The van der Waals surface area contributed by atoms with Crippen molar-refractivity contribution in [2.45, 2.75) is 25.9 Å². The van der Waals surface area contributed by atoms with E-state index in [1.54, 1.807) is 0 Å². The summed E-state index contributed by atoms with van der Waals surface area (Å²) in [4.78, 5) is 22.2. The number of hydrogen-bond acceptors (Lipinski definition) is 5. The zero-order valence-electron chi connectivity index (χ0n) is 12.5. The molecule has 0 saturated carbocycles. The molecule has 1 heterocycles. The number of rotatable bonds is 6. The highest BCUT2D eigenvalue weighted by Crippen LogP contribution is 2.21. The molecule has 1 atom stereocenters. The average Bonchev–Trinajstić information content (AvgIpc) is 2.43. The van der Waals surface area contributed by atoms with Gasteiger partial charge in [-0.15, -0.1) is 0 Å². The van der Waals surface area contributed by atoms with Gasteiger partial charge in [0, 0.05) is 5.39 Å². The van der Waals surface area contributed by atoms with Crippen molar-refractivity contribution in [1.29, 1.82) is 0 Å². The standard InChI is InChI=1S/C15H20N4O2/c1-4-11(15(20)21)17-14-10-7-5-6-8-12(10)16-13(18-14)9-19(2)3/h5-8,11H,4,9H2,1-3H3,(H,20,21)(H,16,17,18). The fraction of sp³-hybridized carbons (Fsp3) is 0.400. The number of carboxylic acids is 1. The van der Waals surface area contributed by atoms with E-state index < -0.39 is 12.0 Å². The van der Waals surface area contributed by atoms with Crippen LogP contribution >= 0.6 is 0 Å². The average molecular weight is 288 g/mol. The maximum absolute atomic E-state index is 11.2. The predicted molar refractivity (Wildman–Crippen MR) is 82.3 cm³/mol. The van der Waals surface area contributed by atoms with E-state index >= 15 is 0 Å². The minimum atomic E-state index is -0.880. The third-order valence-electron chi connectivity index (χ3n) is 3.12. The number of aliphatic carboxylic acids is 1. The number of carbonyl (C=O) groups is 1. The highest BCUT2D eigenvalue weighted by Gasteiger charge is 2.17. The van der Waals surface area contributed by atoms with Gasteiger partial charge < -0.3 is 15.3 Å². The van der Waals surface area contributed by atoms with E-state index in [-0.39, 0.29) is 0 Å². The first-order valence-corrected chi connectivity index (χ1v) is 6.91. The molecule has 1 unspecified atom stereocenters. The third-order valence-corrected chi connectivity index (χ3v) is 3.12. The maximum Gasteiger partial charge on any atom is 0.326 e. The molecule has 112 valence electrons. The van der Waals surface area contributed by atoms with Gasteiger partial charge in [-0.2, -0.15) is 0 Å². The first-order chi connectivity index (χ1) is 10.0. The van der Waals surface area contributed by atoms with Crippen molar-refractivity contribution in [2.75, 3.05) is 19.4 Å². The highest BCUT2D eigenvalue weighted by molar-refractivity contribution is 5.90. The van der Waals surface area contributed by atoms with Crippen molar-refractivity contribution in [3.63, 3.8) is 0 Å². The molecule has 21 heavy (non-hydrogen) atoms. The Balaban J connectivity index is 2.46. The lowest BCUT2D eigenvalue weighted by atomic mass is 10.2. The van der Waals surface area contributed by atoms with Crippen LogP contribution in [0.1, 0.15) is 19.2 Å². The first kappa shape index (κ1) is 15.2. The minimum Gasteiger partial charge on any atom is -0.480 e. The minimum absolute atomic E-state index is 0.483. The van der Waals surface area contributed by atoms with Crippen LogP contribution in [0.15, 0.2) is 24.3 Å². The molecule has 0 fully saturated rings. The second kappa shape index (κ2) is 6.49. The second-order valence-corrected chi connectivity index (χ2v) is 5.19. The molecule has 0 saturated heterocycles. The molecule has 2 rings (SSSR count). The lowest BCUT2D eigenvalue weighted by Gasteiger charge is -2.16. The van der Waals surface area contributed by atoms with Crippen LogP contribution in [0.4, 0.5) is 5.82 Å². The van der Waals surface area contributed by atoms with Crippen molar-refractivity contribution in [2.24, 2.45) is 0 Å². The maximum atomic E-state index is 11.2. The molecule has 0 aliphatic carbocycles.